The lowest BCUT2D eigenvalue weighted by atomic mass is 9.64. The summed E-state index contributed by atoms with van der Waals surface area (Å²) in [6, 6.07) is 0.805. The molecule has 0 aromatic heterocycles. The highest BCUT2D eigenvalue weighted by molar-refractivity contribution is 9.09. The van der Waals surface area contributed by atoms with Gasteiger partial charge in [-0.2, -0.15) is 0 Å². The van der Waals surface area contributed by atoms with Crippen molar-refractivity contribution >= 4 is 15.9 Å². The molecular formula is C14H24BrN. The third-order valence-corrected chi connectivity index (χ3v) is 6.28. The Hall–Kier alpha value is 0.440. The van der Waals surface area contributed by atoms with E-state index in [4.69, 9.17) is 0 Å². The molecule has 1 nitrogen and oxygen atoms in total. The van der Waals surface area contributed by atoms with Crippen molar-refractivity contribution in [1.29, 1.82) is 0 Å². The number of alkyl halides is 1. The lowest BCUT2D eigenvalue weighted by Crippen LogP contribution is -2.52. The van der Waals surface area contributed by atoms with Crippen LogP contribution in [0.1, 0.15) is 46.0 Å². The van der Waals surface area contributed by atoms with Crippen LogP contribution in [0, 0.1) is 29.6 Å². The molecule has 3 rings (SSSR count). The number of halogens is 1. The summed E-state index contributed by atoms with van der Waals surface area (Å²) in [7, 11) is 0. The van der Waals surface area contributed by atoms with Crippen LogP contribution in [0.4, 0.5) is 0 Å². The van der Waals surface area contributed by atoms with Gasteiger partial charge in [-0.25, -0.2) is 0 Å². The second kappa shape index (κ2) is 4.28. The average Bonchev–Trinajstić information content (AvgIpc) is 2.59. The number of nitrogens with one attached hydrogen (secondary N) is 1. The fourth-order valence-corrected chi connectivity index (χ4v) is 5.46. The van der Waals surface area contributed by atoms with Gasteiger partial charge < -0.3 is 5.32 Å². The number of rotatable bonds is 0. The van der Waals surface area contributed by atoms with Crippen LogP contribution in [-0.4, -0.2) is 11.0 Å². The van der Waals surface area contributed by atoms with E-state index in [9.17, 15) is 0 Å². The van der Waals surface area contributed by atoms with Gasteiger partial charge in [-0.1, -0.05) is 29.8 Å². The van der Waals surface area contributed by atoms with Gasteiger partial charge in [-0.15, -0.1) is 0 Å². The van der Waals surface area contributed by atoms with E-state index in [1.165, 1.54) is 32.1 Å². The third-order valence-electron chi connectivity index (χ3n) is 5.56. The highest BCUT2D eigenvalue weighted by atomic mass is 79.9. The van der Waals surface area contributed by atoms with E-state index in [2.05, 4.69) is 35.1 Å². The van der Waals surface area contributed by atoms with E-state index in [0.717, 1.165) is 35.6 Å². The van der Waals surface area contributed by atoms with Crippen molar-refractivity contribution in [1.82, 2.24) is 5.32 Å². The minimum absolute atomic E-state index is 0.580. The molecule has 7 unspecified atom stereocenters. The Labute approximate surface area is 108 Å². The van der Waals surface area contributed by atoms with Gasteiger partial charge in [0.05, 0.1) is 4.95 Å². The SMILES string of the molecule is CC1CC2CC3NC(Br)CCC3C(C)C2C1. The lowest BCUT2D eigenvalue weighted by Gasteiger charge is -2.48. The van der Waals surface area contributed by atoms with E-state index in [-0.39, 0.29) is 0 Å². The maximum atomic E-state index is 3.79. The first kappa shape index (κ1) is 11.5. The summed E-state index contributed by atoms with van der Waals surface area (Å²) in [5, 5.41) is 3.79. The van der Waals surface area contributed by atoms with Crippen molar-refractivity contribution in [2.75, 3.05) is 0 Å². The molecule has 0 amide bonds. The van der Waals surface area contributed by atoms with Crippen LogP contribution >= 0.6 is 15.9 Å². The summed E-state index contributed by atoms with van der Waals surface area (Å²) in [5.74, 6) is 4.97. The van der Waals surface area contributed by atoms with E-state index in [1.54, 1.807) is 0 Å². The molecule has 0 aromatic rings. The molecule has 7 atom stereocenters. The van der Waals surface area contributed by atoms with Gasteiger partial charge in [0.2, 0.25) is 0 Å². The molecule has 1 heterocycles. The minimum Gasteiger partial charge on any atom is -0.302 e. The van der Waals surface area contributed by atoms with Gasteiger partial charge in [-0.05, 0) is 61.7 Å². The smallest absolute Gasteiger partial charge is 0.0632 e. The first-order valence-electron chi connectivity index (χ1n) is 7.05. The fraction of sp³-hybridized carbons (Fsp3) is 1.00. The summed E-state index contributed by atoms with van der Waals surface area (Å²) in [5.41, 5.74) is 0. The second-order valence-electron chi connectivity index (χ2n) is 6.58. The normalized spacial score (nSPS) is 56.8. The molecule has 3 fully saturated rings. The lowest BCUT2D eigenvalue weighted by molar-refractivity contribution is 0.0603. The highest BCUT2D eigenvalue weighted by Gasteiger charge is 2.47. The van der Waals surface area contributed by atoms with Crippen molar-refractivity contribution < 1.29 is 0 Å². The quantitative estimate of drug-likeness (QED) is 0.528. The summed E-state index contributed by atoms with van der Waals surface area (Å²) in [6.45, 7) is 4.98. The van der Waals surface area contributed by atoms with Crippen LogP contribution in [-0.2, 0) is 0 Å². The highest BCUT2D eigenvalue weighted by Crippen LogP contribution is 2.51. The predicted molar refractivity (Wildman–Crippen MR) is 71.5 cm³/mol. The third kappa shape index (κ3) is 1.86. The van der Waals surface area contributed by atoms with E-state index < -0.39 is 0 Å². The number of fused-ring (bicyclic) bond motifs is 2. The van der Waals surface area contributed by atoms with Crippen LogP contribution < -0.4 is 5.32 Å². The zero-order chi connectivity index (χ0) is 11.3. The Morgan fingerprint density at radius 2 is 1.81 bits per heavy atom. The van der Waals surface area contributed by atoms with Gasteiger partial charge >= 0.3 is 0 Å². The molecule has 2 heteroatoms. The molecule has 16 heavy (non-hydrogen) atoms. The molecule has 2 aliphatic carbocycles. The molecule has 1 saturated heterocycles. The Kier molecular flexibility index (Phi) is 3.08. The van der Waals surface area contributed by atoms with Crippen LogP contribution in [0.2, 0.25) is 0 Å². The Morgan fingerprint density at radius 3 is 2.62 bits per heavy atom. The maximum Gasteiger partial charge on any atom is 0.0632 e. The largest absolute Gasteiger partial charge is 0.302 e. The van der Waals surface area contributed by atoms with Crippen molar-refractivity contribution in [3.63, 3.8) is 0 Å². The van der Waals surface area contributed by atoms with E-state index in [1.807, 2.05) is 0 Å². The topological polar surface area (TPSA) is 12.0 Å². The van der Waals surface area contributed by atoms with Crippen LogP contribution in [0.3, 0.4) is 0 Å². The number of piperidine rings is 1. The van der Waals surface area contributed by atoms with Crippen molar-refractivity contribution in [3.05, 3.63) is 0 Å². The predicted octanol–water partition coefficient (Wildman–Crippen LogP) is 3.78. The zero-order valence-corrected chi connectivity index (χ0v) is 12.0. The van der Waals surface area contributed by atoms with Gasteiger partial charge in [0.25, 0.3) is 0 Å². The van der Waals surface area contributed by atoms with E-state index >= 15 is 0 Å². The van der Waals surface area contributed by atoms with Crippen molar-refractivity contribution in [2.45, 2.75) is 56.9 Å². The molecule has 1 aliphatic heterocycles. The molecule has 0 radical (unpaired) electrons. The summed E-state index contributed by atoms with van der Waals surface area (Å²) in [6.07, 6.45) is 7.20. The fourth-order valence-electron chi connectivity index (χ4n) is 4.85. The standard InChI is InChI=1S/C14H24BrN/c1-8-5-10-7-13-11(3-4-14(15)16-13)9(2)12(10)6-8/h8-14,16H,3-7H2,1-2H3. The zero-order valence-electron chi connectivity index (χ0n) is 10.5. The van der Waals surface area contributed by atoms with Crippen LogP contribution in [0.25, 0.3) is 0 Å². The van der Waals surface area contributed by atoms with Crippen molar-refractivity contribution in [3.8, 4) is 0 Å². The molecule has 0 spiro atoms. The second-order valence-corrected chi connectivity index (χ2v) is 7.68. The first-order valence-corrected chi connectivity index (χ1v) is 7.97. The summed E-state index contributed by atoms with van der Waals surface area (Å²) >= 11 is 3.74. The first-order chi connectivity index (χ1) is 7.65. The van der Waals surface area contributed by atoms with Gasteiger partial charge in [-0.3, -0.25) is 0 Å². The summed E-state index contributed by atoms with van der Waals surface area (Å²) < 4.78 is 0. The average molecular weight is 286 g/mol. The number of hydrogen-bond donors (Lipinski definition) is 1. The molecule has 0 bridgehead atoms. The van der Waals surface area contributed by atoms with Crippen LogP contribution in [0.5, 0.6) is 0 Å². The molecular weight excluding hydrogens is 262 g/mol. The van der Waals surface area contributed by atoms with Crippen molar-refractivity contribution in [2.24, 2.45) is 29.6 Å². The van der Waals surface area contributed by atoms with Gasteiger partial charge in [0, 0.05) is 6.04 Å². The molecule has 0 aromatic carbocycles. The van der Waals surface area contributed by atoms with Gasteiger partial charge in [0.1, 0.15) is 0 Å². The number of hydrogen-bond acceptors (Lipinski definition) is 1. The molecule has 1 N–H and O–H groups in total. The Morgan fingerprint density at radius 1 is 1.00 bits per heavy atom. The summed E-state index contributed by atoms with van der Waals surface area (Å²) in [4.78, 5) is 0.580. The van der Waals surface area contributed by atoms with E-state index in [0.29, 0.717) is 4.95 Å². The maximum absolute atomic E-state index is 3.79. The molecule has 92 valence electrons. The molecule has 2 saturated carbocycles. The molecule has 3 aliphatic rings. The van der Waals surface area contributed by atoms with Crippen LogP contribution in [0.15, 0.2) is 0 Å². The monoisotopic (exact) mass is 285 g/mol. The Bertz CT molecular complexity index is 265. The minimum atomic E-state index is 0.580. The van der Waals surface area contributed by atoms with Gasteiger partial charge in [0.15, 0.2) is 0 Å². The Balaban J connectivity index is 1.76.